The van der Waals surface area contributed by atoms with E-state index in [9.17, 15) is 9.90 Å². The van der Waals surface area contributed by atoms with E-state index in [0.717, 1.165) is 41.4 Å². The summed E-state index contributed by atoms with van der Waals surface area (Å²) in [4.78, 5) is 12.5. The molecule has 3 nitrogen and oxygen atoms in total. The molecule has 116 valence electrons. The minimum Gasteiger partial charge on any atom is -0.480 e. The molecule has 0 amide bonds. The fraction of sp³-hybridized carbons (Fsp3) is 0.562. The van der Waals surface area contributed by atoms with Gasteiger partial charge >= 0.3 is 5.97 Å². The molecule has 1 aromatic carbocycles. The Morgan fingerprint density at radius 1 is 1.43 bits per heavy atom. The highest BCUT2D eigenvalue weighted by Gasteiger charge is 2.37. The first-order chi connectivity index (χ1) is 10.0. The molecule has 0 aliphatic heterocycles. The molecule has 0 saturated heterocycles. The Morgan fingerprint density at radius 3 is 2.76 bits per heavy atom. The first-order valence-electron chi connectivity index (χ1n) is 7.40. The van der Waals surface area contributed by atoms with Crippen LogP contribution in [-0.2, 0) is 4.79 Å². The van der Waals surface area contributed by atoms with E-state index in [-0.39, 0.29) is 0 Å². The maximum Gasteiger partial charge on any atom is 0.323 e. The Kier molecular flexibility index (Phi) is 5.97. The summed E-state index contributed by atoms with van der Waals surface area (Å²) in [5.41, 5.74) is -0.782. The molecule has 0 aromatic heterocycles. The lowest BCUT2D eigenvalue weighted by Gasteiger charge is -2.26. The number of thioether (sulfide) groups is 1. The summed E-state index contributed by atoms with van der Waals surface area (Å²) >= 11 is 7.84. The van der Waals surface area contributed by atoms with Crippen molar-refractivity contribution < 1.29 is 9.90 Å². The van der Waals surface area contributed by atoms with E-state index in [4.69, 9.17) is 11.6 Å². The highest BCUT2D eigenvalue weighted by molar-refractivity contribution is 7.99. The summed E-state index contributed by atoms with van der Waals surface area (Å²) in [5, 5.41) is 13.4. The molecule has 1 atom stereocenters. The van der Waals surface area contributed by atoms with Crippen molar-refractivity contribution in [3.63, 3.8) is 0 Å². The van der Waals surface area contributed by atoms with Gasteiger partial charge < -0.3 is 5.11 Å². The van der Waals surface area contributed by atoms with Gasteiger partial charge in [-0.15, -0.1) is 11.8 Å². The number of carboxylic acid groups (broad SMARTS) is 1. The topological polar surface area (TPSA) is 49.3 Å². The third-order valence-corrected chi connectivity index (χ3v) is 5.34. The van der Waals surface area contributed by atoms with E-state index in [1.54, 1.807) is 18.7 Å². The van der Waals surface area contributed by atoms with Gasteiger partial charge in [0.25, 0.3) is 0 Å². The molecule has 1 aliphatic carbocycles. The standard InChI is InChI=1S/C16H22ClNO2S/c1-16(15(19)20,18-12-8-9-12)10-4-5-11-21-14-7-3-2-6-13(14)17/h2-3,6-7,12,18H,4-5,8-11H2,1H3,(H,19,20). The van der Waals surface area contributed by atoms with Gasteiger partial charge in [0, 0.05) is 10.9 Å². The van der Waals surface area contributed by atoms with Crippen molar-refractivity contribution in [2.75, 3.05) is 5.75 Å². The first kappa shape index (κ1) is 16.7. The molecule has 0 heterocycles. The smallest absolute Gasteiger partial charge is 0.323 e. The molecule has 1 saturated carbocycles. The minimum absolute atomic E-state index is 0.406. The third kappa shape index (κ3) is 5.20. The number of unbranched alkanes of at least 4 members (excludes halogenated alkanes) is 1. The maximum atomic E-state index is 11.4. The summed E-state index contributed by atoms with van der Waals surface area (Å²) < 4.78 is 0. The van der Waals surface area contributed by atoms with Crippen molar-refractivity contribution in [2.45, 2.75) is 55.5 Å². The molecule has 2 N–H and O–H groups in total. The third-order valence-electron chi connectivity index (χ3n) is 3.74. The van der Waals surface area contributed by atoms with Crippen LogP contribution in [0.3, 0.4) is 0 Å². The van der Waals surface area contributed by atoms with Crippen LogP contribution in [0.2, 0.25) is 5.02 Å². The van der Waals surface area contributed by atoms with Gasteiger partial charge in [-0.05, 0) is 50.5 Å². The molecule has 2 rings (SSSR count). The van der Waals surface area contributed by atoms with Gasteiger partial charge in [-0.2, -0.15) is 0 Å². The normalized spacial score (nSPS) is 17.4. The number of carbonyl (C=O) groups is 1. The van der Waals surface area contributed by atoms with Gasteiger partial charge in [0.1, 0.15) is 5.54 Å². The van der Waals surface area contributed by atoms with Crippen molar-refractivity contribution in [2.24, 2.45) is 0 Å². The van der Waals surface area contributed by atoms with Crippen LogP contribution in [0.5, 0.6) is 0 Å². The number of aliphatic carboxylic acids is 1. The van der Waals surface area contributed by atoms with Crippen molar-refractivity contribution in [3.05, 3.63) is 29.3 Å². The van der Waals surface area contributed by atoms with Crippen LogP contribution in [-0.4, -0.2) is 28.4 Å². The lowest BCUT2D eigenvalue weighted by Crippen LogP contribution is -2.50. The van der Waals surface area contributed by atoms with Crippen LogP contribution in [0, 0.1) is 0 Å². The van der Waals surface area contributed by atoms with Crippen LogP contribution in [0.15, 0.2) is 29.2 Å². The van der Waals surface area contributed by atoms with Gasteiger partial charge in [0.05, 0.1) is 5.02 Å². The average molecular weight is 328 g/mol. The van der Waals surface area contributed by atoms with Crippen LogP contribution in [0.4, 0.5) is 0 Å². The van der Waals surface area contributed by atoms with E-state index in [1.807, 2.05) is 24.3 Å². The first-order valence-corrected chi connectivity index (χ1v) is 8.76. The quantitative estimate of drug-likeness (QED) is 0.527. The van der Waals surface area contributed by atoms with Crippen molar-refractivity contribution in [1.82, 2.24) is 5.32 Å². The van der Waals surface area contributed by atoms with Gasteiger partial charge in [-0.1, -0.05) is 30.2 Å². The number of benzene rings is 1. The second-order valence-corrected chi connectivity index (χ2v) is 7.34. The molecule has 0 radical (unpaired) electrons. The van der Waals surface area contributed by atoms with Crippen molar-refractivity contribution >= 4 is 29.3 Å². The summed E-state index contributed by atoms with van der Waals surface area (Å²) in [5.74, 6) is 0.219. The van der Waals surface area contributed by atoms with E-state index in [2.05, 4.69) is 5.32 Å². The number of halogens is 1. The summed E-state index contributed by atoms with van der Waals surface area (Å²) in [6, 6.07) is 8.22. The summed E-state index contributed by atoms with van der Waals surface area (Å²) in [6.45, 7) is 1.80. The SMILES string of the molecule is CC(CCCCSc1ccccc1Cl)(NC1CC1)C(=O)O. The Bertz CT molecular complexity index is 493. The fourth-order valence-electron chi connectivity index (χ4n) is 2.24. The van der Waals surface area contributed by atoms with Crippen LogP contribution < -0.4 is 5.32 Å². The maximum absolute atomic E-state index is 11.4. The van der Waals surface area contributed by atoms with E-state index in [0.29, 0.717) is 12.5 Å². The number of nitrogens with one attached hydrogen (secondary N) is 1. The monoisotopic (exact) mass is 327 g/mol. The second kappa shape index (κ2) is 7.52. The molecule has 5 heteroatoms. The highest BCUT2D eigenvalue weighted by atomic mass is 35.5. The van der Waals surface area contributed by atoms with Crippen molar-refractivity contribution in [1.29, 1.82) is 0 Å². The highest BCUT2D eigenvalue weighted by Crippen LogP contribution is 2.29. The molecule has 1 unspecified atom stereocenters. The zero-order valence-electron chi connectivity index (χ0n) is 12.3. The molecule has 0 bridgehead atoms. The van der Waals surface area contributed by atoms with Crippen LogP contribution >= 0.6 is 23.4 Å². The average Bonchev–Trinajstić information content (AvgIpc) is 3.24. The molecule has 21 heavy (non-hydrogen) atoms. The minimum atomic E-state index is -0.782. The molecular formula is C16H22ClNO2S. The predicted molar refractivity (Wildman–Crippen MR) is 88.2 cm³/mol. The zero-order chi connectivity index (χ0) is 15.3. The van der Waals surface area contributed by atoms with E-state index in [1.165, 1.54) is 0 Å². The van der Waals surface area contributed by atoms with E-state index < -0.39 is 11.5 Å². The molecule has 0 spiro atoms. The lowest BCUT2D eigenvalue weighted by molar-refractivity contribution is -0.144. The Morgan fingerprint density at radius 2 is 2.14 bits per heavy atom. The lowest BCUT2D eigenvalue weighted by atomic mass is 9.95. The number of hydrogen-bond donors (Lipinski definition) is 2. The van der Waals surface area contributed by atoms with Gasteiger partial charge in [-0.25, -0.2) is 0 Å². The van der Waals surface area contributed by atoms with Crippen LogP contribution in [0.25, 0.3) is 0 Å². The Hall–Kier alpha value is -0.710. The molecule has 1 fully saturated rings. The predicted octanol–water partition coefficient (Wildman–Crippen LogP) is 4.20. The van der Waals surface area contributed by atoms with Gasteiger partial charge in [-0.3, -0.25) is 10.1 Å². The number of rotatable bonds is 9. The fourth-order valence-corrected chi connectivity index (χ4v) is 3.49. The Balaban J connectivity index is 1.70. The van der Waals surface area contributed by atoms with Crippen LogP contribution in [0.1, 0.15) is 39.0 Å². The summed E-state index contributed by atoms with van der Waals surface area (Å²) in [6.07, 6.45) is 4.77. The molecular weight excluding hydrogens is 306 g/mol. The Labute approximate surface area is 135 Å². The molecule has 1 aromatic rings. The largest absolute Gasteiger partial charge is 0.480 e. The number of hydrogen-bond acceptors (Lipinski definition) is 3. The number of carboxylic acids is 1. The van der Waals surface area contributed by atoms with Gasteiger partial charge in [0.15, 0.2) is 0 Å². The van der Waals surface area contributed by atoms with Crippen molar-refractivity contribution in [3.8, 4) is 0 Å². The van der Waals surface area contributed by atoms with Gasteiger partial charge in [0.2, 0.25) is 0 Å². The summed E-state index contributed by atoms with van der Waals surface area (Å²) in [7, 11) is 0. The van der Waals surface area contributed by atoms with E-state index >= 15 is 0 Å². The molecule has 1 aliphatic rings. The zero-order valence-corrected chi connectivity index (χ0v) is 13.8. The second-order valence-electron chi connectivity index (χ2n) is 5.79.